The Balaban J connectivity index is 3.06. The van der Waals surface area contributed by atoms with Crippen LogP contribution in [0.2, 0.25) is 0 Å². The highest BCUT2D eigenvalue weighted by Gasteiger charge is 2.14. The van der Waals surface area contributed by atoms with Crippen molar-refractivity contribution in [3.05, 3.63) is 23.8 Å². The highest BCUT2D eigenvalue weighted by atomic mass is 16.1. The summed E-state index contributed by atoms with van der Waals surface area (Å²) in [6.45, 7) is 4.30. The molecule has 4 heteroatoms. The molecule has 0 aliphatic rings. The average Bonchev–Trinajstić information content (AvgIpc) is 2.30. The van der Waals surface area contributed by atoms with Gasteiger partial charge in [-0.15, -0.1) is 0 Å². The highest BCUT2D eigenvalue weighted by molar-refractivity contribution is 5.99. The Labute approximate surface area is 103 Å². The lowest BCUT2D eigenvalue weighted by Gasteiger charge is -2.28. The standard InChI is InChI=1S/C13H21N3O/c1-4-9(5-2)16(3)10-6-7-12(14)11(8-10)13(15)17/h6-9H,4-5,14H2,1-3H3,(H2,15,17). The first kappa shape index (κ1) is 13.4. The zero-order valence-corrected chi connectivity index (χ0v) is 10.7. The molecule has 1 aromatic rings. The molecule has 0 radical (unpaired) electrons. The lowest BCUT2D eigenvalue weighted by atomic mass is 10.1. The molecule has 0 atom stereocenters. The van der Waals surface area contributed by atoms with Gasteiger partial charge in [0.15, 0.2) is 0 Å². The molecule has 0 spiro atoms. The largest absolute Gasteiger partial charge is 0.398 e. The maximum Gasteiger partial charge on any atom is 0.250 e. The summed E-state index contributed by atoms with van der Waals surface area (Å²) >= 11 is 0. The molecule has 0 bridgehead atoms. The SMILES string of the molecule is CCC(CC)N(C)c1ccc(N)c(C(N)=O)c1. The molecule has 0 saturated heterocycles. The van der Waals surface area contributed by atoms with Crippen LogP contribution in [0.5, 0.6) is 0 Å². The molecule has 0 aromatic heterocycles. The number of nitrogens with zero attached hydrogens (tertiary/aromatic N) is 1. The van der Waals surface area contributed by atoms with Crippen LogP contribution in [0.25, 0.3) is 0 Å². The van der Waals surface area contributed by atoms with Crippen LogP contribution in [0.15, 0.2) is 18.2 Å². The van der Waals surface area contributed by atoms with Crippen LogP contribution in [0, 0.1) is 0 Å². The third-order valence-electron chi connectivity index (χ3n) is 3.20. The molecular weight excluding hydrogens is 214 g/mol. The molecule has 94 valence electrons. The van der Waals surface area contributed by atoms with Gasteiger partial charge in [0.05, 0.1) is 5.56 Å². The van der Waals surface area contributed by atoms with E-state index in [1.54, 1.807) is 12.1 Å². The Hall–Kier alpha value is -1.71. The summed E-state index contributed by atoms with van der Waals surface area (Å²) in [6.07, 6.45) is 2.12. The number of hydrogen-bond acceptors (Lipinski definition) is 3. The van der Waals surface area contributed by atoms with Gasteiger partial charge in [0.25, 0.3) is 5.91 Å². The smallest absolute Gasteiger partial charge is 0.250 e. The lowest BCUT2D eigenvalue weighted by Crippen LogP contribution is -2.30. The van der Waals surface area contributed by atoms with Crippen molar-refractivity contribution in [3.8, 4) is 0 Å². The predicted molar refractivity (Wildman–Crippen MR) is 72.1 cm³/mol. The molecule has 0 saturated carbocycles. The van der Waals surface area contributed by atoms with E-state index in [-0.39, 0.29) is 0 Å². The second kappa shape index (κ2) is 5.57. The Kier molecular flexibility index (Phi) is 4.37. The van der Waals surface area contributed by atoms with Crippen molar-refractivity contribution in [3.63, 3.8) is 0 Å². The fraction of sp³-hybridized carbons (Fsp3) is 0.462. The number of rotatable bonds is 5. The summed E-state index contributed by atoms with van der Waals surface area (Å²) in [6, 6.07) is 5.86. The number of carbonyl (C=O) groups is 1. The first-order valence-electron chi connectivity index (χ1n) is 5.93. The van der Waals surface area contributed by atoms with Crippen molar-refractivity contribution in [2.45, 2.75) is 32.7 Å². The minimum atomic E-state index is -0.484. The van der Waals surface area contributed by atoms with Crippen LogP contribution in [-0.4, -0.2) is 19.0 Å². The number of benzene rings is 1. The minimum absolute atomic E-state index is 0.389. The first-order valence-corrected chi connectivity index (χ1v) is 5.93. The van der Waals surface area contributed by atoms with Crippen LogP contribution in [-0.2, 0) is 0 Å². The van der Waals surface area contributed by atoms with E-state index in [0.717, 1.165) is 18.5 Å². The van der Waals surface area contributed by atoms with Crippen molar-refractivity contribution in [1.82, 2.24) is 0 Å². The summed E-state index contributed by atoms with van der Waals surface area (Å²) in [5.41, 5.74) is 12.8. The number of nitrogens with two attached hydrogens (primary N) is 2. The van der Waals surface area contributed by atoms with E-state index in [4.69, 9.17) is 11.5 Å². The van der Waals surface area contributed by atoms with E-state index < -0.39 is 5.91 Å². The number of carbonyl (C=O) groups excluding carboxylic acids is 1. The third-order valence-corrected chi connectivity index (χ3v) is 3.20. The van der Waals surface area contributed by atoms with Gasteiger partial charge in [-0.1, -0.05) is 13.8 Å². The molecule has 1 rings (SSSR count). The Morgan fingerprint density at radius 1 is 1.35 bits per heavy atom. The molecule has 1 aromatic carbocycles. The molecule has 0 aliphatic heterocycles. The van der Waals surface area contributed by atoms with Crippen molar-refractivity contribution >= 4 is 17.3 Å². The van der Waals surface area contributed by atoms with Gasteiger partial charge in [0.2, 0.25) is 0 Å². The van der Waals surface area contributed by atoms with Crippen LogP contribution >= 0.6 is 0 Å². The van der Waals surface area contributed by atoms with Gasteiger partial charge in [0.1, 0.15) is 0 Å². The van der Waals surface area contributed by atoms with Crippen LogP contribution in [0.1, 0.15) is 37.0 Å². The van der Waals surface area contributed by atoms with Gasteiger partial charge in [-0.2, -0.15) is 0 Å². The Morgan fingerprint density at radius 2 is 1.94 bits per heavy atom. The fourth-order valence-electron chi connectivity index (χ4n) is 2.02. The third kappa shape index (κ3) is 2.90. The van der Waals surface area contributed by atoms with Crippen molar-refractivity contribution in [2.24, 2.45) is 5.73 Å². The van der Waals surface area contributed by atoms with E-state index >= 15 is 0 Å². The summed E-state index contributed by atoms with van der Waals surface area (Å²) in [4.78, 5) is 13.4. The zero-order chi connectivity index (χ0) is 13.0. The van der Waals surface area contributed by atoms with Crippen LogP contribution < -0.4 is 16.4 Å². The van der Waals surface area contributed by atoms with Crippen LogP contribution in [0.4, 0.5) is 11.4 Å². The lowest BCUT2D eigenvalue weighted by molar-refractivity contribution is 0.100. The summed E-state index contributed by atoms with van der Waals surface area (Å²) in [5.74, 6) is -0.484. The highest BCUT2D eigenvalue weighted by Crippen LogP contribution is 2.23. The Morgan fingerprint density at radius 3 is 2.41 bits per heavy atom. The van der Waals surface area contributed by atoms with Gasteiger partial charge >= 0.3 is 0 Å². The summed E-state index contributed by atoms with van der Waals surface area (Å²) in [5, 5.41) is 0. The van der Waals surface area contributed by atoms with E-state index in [2.05, 4.69) is 18.7 Å². The van der Waals surface area contributed by atoms with Gasteiger partial charge in [-0.3, -0.25) is 4.79 Å². The number of hydrogen-bond donors (Lipinski definition) is 2. The van der Waals surface area contributed by atoms with E-state index in [1.165, 1.54) is 0 Å². The molecule has 0 aliphatic carbocycles. The molecule has 0 unspecified atom stereocenters. The van der Waals surface area contributed by atoms with Gasteiger partial charge in [-0.05, 0) is 31.0 Å². The van der Waals surface area contributed by atoms with Gasteiger partial charge in [0, 0.05) is 24.5 Å². The Bertz CT molecular complexity index is 400. The molecule has 0 heterocycles. The summed E-state index contributed by atoms with van der Waals surface area (Å²) < 4.78 is 0. The van der Waals surface area contributed by atoms with Crippen LogP contribution in [0.3, 0.4) is 0 Å². The van der Waals surface area contributed by atoms with Gasteiger partial charge in [-0.25, -0.2) is 0 Å². The number of anilines is 2. The fourth-order valence-corrected chi connectivity index (χ4v) is 2.02. The van der Waals surface area contributed by atoms with E-state index in [9.17, 15) is 4.79 Å². The topological polar surface area (TPSA) is 72.3 Å². The molecular formula is C13H21N3O. The van der Waals surface area contributed by atoms with Crippen molar-refractivity contribution in [2.75, 3.05) is 17.7 Å². The average molecular weight is 235 g/mol. The van der Waals surface area contributed by atoms with Crippen molar-refractivity contribution in [1.29, 1.82) is 0 Å². The van der Waals surface area contributed by atoms with Crippen molar-refractivity contribution < 1.29 is 4.79 Å². The van der Waals surface area contributed by atoms with Gasteiger partial charge < -0.3 is 16.4 Å². The maximum atomic E-state index is 11.2. The monoisotopic (exact) mass is 235 g/mol. The zero-order valence-electron chi connectivity index (χ0n) is 10.7. The second-order valence-electron chi connectivity index (χ2n) is 4.22. The molecule has 0 fully saturated rings. The molecule has 17 heavy (non-hydrogen) atoms. The number of primary amides is 1. The molecule has 4 N–H and O–H groups in total. The normalized spacial score (nSPS) is 10.6. The second-order valence-corrected chi connectivity index (χ2v) is 4.22. The number of amides is 1. The first-order chi connectivity index (χ1) is 8.01. The van der Waals surface area contributed by atoms with E-state index in [1.807, 2.05) is 13.1 Å². The molecule has 1 amide bonds. The maximum absolute atomic E-state index is 11.2. The van der Waals surface area contributed by atoms with E-state index in [0.29, 0.717) is 17.3 Å². The quantitative estimate of drug-likeness (QED) is 0.767. The molecule has 4 nitrogen and oxygen atoms in total. The minimum Gasteiger partial charge on any atom is -0.398 e. The summed E-state index contributed by atoms with van der Waals surface area (Å²) in [7, 11) is 2.02. The number of nitrogen functional groups attached to an aromatic ring is 1. The predicted octanol–water partition coefficient (Wildman–Crippen LogP) is 1.99.